The number of amides is 1. The summed E-state index contributed by atoms with van der Waals surface area (Å²) in [4.78, 5) is 11.8. The molecule has 0 heterocycles. The first-order valence-corrected chi connectivity index (χ1v) is 8.72. The van der Waals surface area contributed by atoms with Crippen molar-refractivity contribution in [1.82, 2.24) is 5.32 Å². The molecule has 0 radical (unpaired) electrons. The Morgan fingerprint density at radius 3 is 2.65 bits per heavy atom. The van der Waals surface area contributed by atoms with Crippen LogP contribution >= 0.6 is 27.5 Å². The summed E-state index contributed by atoms with van der Waals surface area (Å²) >= 11 is 9.13. The van der Waals surface area contributed by atoms with Crippen LogP contribution in [0.5, 0.6) is 0 Å². The van der Waals surface area contributed by atoms with Gasteiger partial charge in [-0.15, -0.1) is 0 Å². The van der Waals surface area contributed by atoms with Gasteiger partial charge in [-0.3, -0.25) is 4.79 Å². The zero-order chi connectivity index (χ0) is 15.1. The van der Waals surface area contributed by atoms with E-state index in [4.69, 9.17) is 16.7 Å². The first-order chi connectivity index (χ1) is 9.20. The molecular weight excluding hydrogens is 368 g/mol. The average Bonchev–Trinajstić information content (AvgIpc) is 3.03. The van der Waals surface area contributed by atoms with Gasteiger partial charge in [-0.05, 0) is 30.4 Å². The Kier molecular flexibility index (Phi) is 4.44. The van der Waals surface area contributed by atoms with Crippen LogP contribution in [0.3, 0.4) is 0 Å². The summed E-state index contributed by atoms with van der Waals surface area (Å²) in [5.74, 6) is 0.705. The van der Waals surface area contributed by atoms with Gasteiger partial charge < -0.3 is 5.32 Å². The van der Waals surface area contributed by atoms with Gasteiger partial charge in [0, 0.05) is 11.0 Å². The average molecular weight is 382 g/mol. The van der Waals surface area contributed by atoms with E-state index in [1.165, 1.54) is 12.1 Å². The lowest BCUT2D eigenvalue weighted by Crippen LogP contribution is -2.27. The molecule has 1 aliphatic rings. The standard InChI is InChI=1S/C12H14BrClN2O3S/c1-6-2-7(6)5-16-12(17)9-3-8(13)4-10(11(9)14)20(15,18)19/h3-4,6-7H,2,5H2,1H3,(H,16,17)(H2,15,18,19). The number of hydrogen-bond donors (Lipinski definition) is 2. The van der Waals surface area contributed by atoms with Crippen LogP contribution < -0.4 is 10.5 Å². The van der Waals surface area contributed by atoms with Gasteiger partial charge >= 0.3 is 0 Å². The van der Waals surface area contributed by atoms with E-state index in [0.717, 1.165) is 6.42 Å². The molecule has 2 unspecified atom stereocenters. The fourth-order valence-corrected chi connectivity index (χ4v) is 3.72. The maximum absolute atomic E-state index is 12.1. The minimum atomic E-state index is -3.98. The van der Waals surface area contributed by atoms with E-state index < -0.39 is 15.9 Å². The number of halogens is 2. The van der Waals surface area contributed by atoms with Crippen molar-refractivity contribution >= 4 is 43.5 Å². The number of carbonyl (C=O) groups is 1. The van der Waals surface area contributed by atoms with E-state index in [0.29, 0.717) is 22.9 Å². The van der Waals surface area contributed by atoms with Crippen molar-refractivity contribution < 1.29 is 13.2 Å². The van der Waals surface area contributed by atoms with Gasteiger partial charge in [0.25, 0.3) is 5.91 Å². The molecule has 0 aliphatic heterocycles. The van der Waals surface area contributed by atoms with E-state index in [-0.39, 0.29) is 15.5 Å². The second kappa shape index (κ2) is 5.63. The third kappa shape index (κ3) is 3.52. The molecule has 110 valence electrons. The molecule has 1 fully saturated rings. The van der Waals surface area contributed by atoms with E-state index in [1.54, 1.807) is 0 Å². The Hall–Kier alpha value is -0.630. The van der Waals surface area contributed by atoms with Crippen LogP contribution in [0.15, 0.2) is 21.5 Å². The summed E-state index contributed by atoms with van der Waals surface area (Å²) in [7, 11) is -3.98. The third-order valence-corrected chi connectivity index (χ3v) is 5.27. The molecule has 0 bridgehead atoms. The Bertz CT molecular complexity index is 663. The number of carbonyl (C=O) groups excluding carboxylic acids is 1. The number of nitrogens with two attached hydrogens (primary N) is 1. The first-order valence-electron chi connectivity index (χ1n) is 6.00. The van der Waals surface area contributed by atoms with Gasteiger partial charge in [-0.1, -0.05) is 34.5 Å². The fraction of sp³-hybridized carbons (Fsp3) is 0.417. The molecule has 0 saturated heterocycles. The number of sulfonamides is 1. The lowest BCUT2D eigenvalue weighted by atomic mass is 10.2. The van der Waals surface area contributed by atoms with Crippen molar-refractivity contribution in [1.29, 1.82) is 0 Å². The van der Waals surface area contributed by atoms with Crippen LogP contribution in [0.4, 0.5) is 0 Å². The number of nitrogens with one attached hydrogen (secondary N) is 1. The van der Waals surface area contributed by atoms with Crippen LogP contribution in [0.25, 0.3) is 0 Å². The molecule has 1 aromatic carbocycles. The summed E-state index contributed by atoms with van der Waals surface area (Å²) < 4.78 is 23.3. The van der Waals surface area contributed by atoms with Crippen LogP contribution in [-0.2, 0) is 10.0 Å². The zero-order valence-corrected chi connectivity index (χ0v) is 13.8. The highest BCUT2D eigenvalue weighted by Gasteiger charge is 2.32. The Labute approximate surface area is 131 Å². The van der Waals surface area contributed by atoms with E-state index >= 15 is 0 Å². The number of primary sulfonamides is 1. The molecule has 20 heavy (non-hydrogen) atoms. The van der Waals surface area contributed by atoms with Crippen molar-refractivity contribution in [3.05, 3.63) is 27.2 Å². The fourth-order valence-electron chi connectivity index (χ4n) is 1.94. The first kappa shape index (κ1) is 15.8. The van der Waals surface area contributed by atoms with Crippen molar-refractivity contribution in [2.75, 3.05) is 6.54 Å². The molecule has 1 saturated carbocycles. The molecule has 8 heteroatoms. The van der Waals surface area contributed by atoms with Crippen LogP contribution in [0, 0.1) is 11.8 Å². The summed E-state index contributed by atoms with van der Waals surface area (Å²) in [5, 5.41) is 7.68. The lowest BCUT2D eigenvalue weighted by molar-refractivity contribution is 0.0951. The summed E-state index contributed by atoms with van der Waals surface area (Å²) in [6.07, 6.45) is 1.09. The van der Waals surface area contributed by atoms with Crippen LogP contribution in [0.1, 0.15) is 23.7 Å². The van der Waals surface area contributed by atoms with Crippen molar-refractivity contribution in [2.45, 2.75) is 18.2 Å². The molecule has 2 atom stereocenters. The maximum Gasteiger partial charge on any atom is 0.252 e. The topological polar surface area (TPSA) is 89.3 Å². The molecule has 0 spiro atoms. The number of hydrogen-bond acceptors (Lipinski definition) is 3. The summed E-state index contributed by atoms with van der Waals surface area (Å²) in [5.41, 5.74) is 0.0957. The highest BCUT2D eigenvalue weighted by Crippen LogP contribution is 2.37. The monoisotopic (exact) mass is 380 g/mol. The molecule has 5 nitrogen and oxygen atoms in total. The van der Waals surface area contributed by atoms with E-state index in [9.17, 15) is 13.2 Å². The lowest BCUT2D eigenvalue weighted by Gasteiger charge is -2.10. The predicted octanol–water partition coefficient (Wildman–Crippen LogP) is 2.14. The summed E-state index contributed by atoms with van der Waals surface area (Å²) in [6, 6.07) is 2.75. The van der Waals surface area contributed by atoms with Gasteiger partial charge in [0.2, 0.25) is 10.0 Å². The van der Waals surface area contributed by atoms with Crippen LogP contribution in [0.2, 0.25) is 5.02 Å². The minimum Gasteiger partial charge on any atom is -0.352 e. The quantitative estimate of drug-likeness (QED) is 0.837. The third-order valence-electron chi connectivity index (χ3n) is 3.36. The van der Waals surface area contributed by atoms with Crippen molar-refractivity contribution in [2.24, 2.45) is 17.0 Å². The highest BCUT2D eigenvalue weighted by molar-refractivity contribution is 9.10. The number of rotatable bonds is 4. The van der Waals surface area contributed by atoms with Gasteiger partial charge in [0.1, 0.15) is 4.90 Å². The zero-order valence-electron chi connectivity index (χ0n) is 10.7. The SMILES string of the molecule is CC1CC1CNC(=O)c1cc(Br)cc(S(N)(=O)=O)c1Cl. The van der Waals surface area contributed by atoms with Crippen molar-refractivity contribution in [3.8, 4) is 0 Å². The highest BCUT2D eigenvalue weighted by atomic mass is 79.9. The largest absolute Gasteiger partial charge is 0.352 e. The van der Waals surface area contributed by atoms with Gasteiger partial charge in [-0.2, -0.15) is 0 Å². The van der Waals surface area contributed by atoms with Crippen LogP contribution in [-0.4, -0.2) is 20.9 Å². The molecule has 0 aromatic heterocycles. The second-order valence-electron chi connectivity index (χ2n) is 4.99. The van der Waals surface area contributed by atoms with Gasteiger partial charge in [0.15, 0.2) is 0 Å². The molecule has 3 N–H and O–H groups in total. The Morgan fingerprint density at radius 2 is 2.15 bits per heavy atom. The minimum absolute atomic E-state index is 0.0957. The summed E-state index contributed by atoms with van der Waals surface area (Å²) in [6.45, 7) is 2.68. The second-order valence-corrected chi connectivity index (χ2v) is 7.82. The molecule has 1 amide bonds. The van der Waals surface area contributed by atoms with E-state index in [2.05, 4.69) is 28.2 Å². The normalized spacial score (nSPS) is 21.6. The predicted molar refractivity (Wildman–Crippen MR) is 80.1 cm³/mol. The van der Waals surface area contributed by atoms with Gasteiger partial charge in [-0.25, -0.2) is 13.6 Å². The Morgan fingerprint density at radius 1 is 1.55 bits per heavy atom. The van der Waals surface area contributed by atoms with E-state index in [1.807, 2.05) is 0 Å². The molecule has 1 aromatic rings. The maximum atomic E-state index is 12.1. The molecular formula is C12H14BrClN2O3S. The van der Waals surface area contributed by atoms with Gasteiger partial charge in [0.05, 0.1) is 10.6 Å². The smallest absolute Gasteiger partial charge is 0.252 e. The molecule has 2 rings (SSSR count). The molecule has 1 aliphatic carbocycles. The number of benzene rings is 1. The Balaban J connectivity index is 2.26. The van der Waals surface area contributed by atoms with Crippen molar-refractivity contribution in [3.63, 3.8) is 0 Å².